The summed E-state index contributed by atoms with van der Waals surface area (Å²) in [5, 5.41) is 0. The summed E-state index contributed by atoms with van der Waals surface area (Å²) in [5.41, 5.74) is 3.40. The zero-order valence-electron chi connectivity index (χ0n) is 8.59. The van der Waals surface area contributed by atoms with E-state index >= 15 is 0 Å². The fraction of sp³-hybridized carbons (Fsp3) is 0.818. The van der Waals surface area contributed by atoms with Gasteiger partial charge in [0.25, 0.3) is 0 Å². The van der Waals surface area contributed by atoms with Crippen molar-refractivity contribution in [1.29, 1.82) is 0 Å². The Hall–Kier alpha value is -0.300. The van der Waals surface area contributed by atoms with Crippen molar-refractivity contribution < 1.29 is 0 Å². The van der Waals surface area contributed by atoms with E-state index in [0.717, 1.165) is 18.0 Å². The topological polar surface area (TPSA) is 3.24 Å². The highest BCUT2D eigenvalue weighted by molar-refractivity contribution is 5.34. The van der Waals surface area contributed by atoms with E-state index in [1.165, 1.54) is 12.8 Å². The molecule has 0 amide bonds. The molecule has 0 aromatic heterocycles. The molecule has 2 unspecified atom stereocenters. The van der Waals surface area contributed by atoms with Gasteiger partial charge in [-0.25, -0.2) is 0 Å². The van der Waals surface area contributed by atoms with Crippen LogP contribution in [0.5, 0.6) is 0 Å². The predicted octanol–water partition coefficient (Wildman–Crippen LogP) is 2.44. The van der Waals surface area contributed by atoms with Crippen molar-refractivity contribution in [1.82, 2.24) is 4.90 Å². The maximum Gasteiger partial charge on any atom is 0.0316 e. The number of likely N-dealkylation sites (N-methyl/N-ethyl adjacent to an activating group) is 1. The normalized spacial score (nSPS) is 35.8. The summed E-state index contributed by atoms with van der Waals surface area (Å²) in [4.78, 5) is 2.56. The molecule has 2 aliphatic heterocycles. The van der Waals surface area contributed by atoms with Crippen LogP contribution in [0.3, 0.4) is 0 Å². The van der Waals surface area contributed by atoms with Crippen molar-refractivity contribution in [3.05, 3.63) is 11.1 Å². The van der Waals surface area contributed by atoms with Crippen molar-refractivity contribution in [3.8, 4) is 0 Å². The van der Waals surface area contributed by atoms with Gasteiger partial charge in [-0.1, -0.05) is 25.0 Å². The first kappa shape index (κ1) is 8.31. The highest BCUT2D eigenvalue weighted by Gasteiger charge is 2.41. The van der Waals surface area contributed by atoms with Crippen LogP contribution in [0.4, 0.5) is 0 Å². The summed E-state index contributed by atoms with van der Waals surface area (Å²) >= 11 is 0. The van der Waals surface area contributed by atoms with E-state index in [-0.39, 0.29) is 0 Å². The minimum absolute atomic E-state index is 0.753. The second-order valence-electron chi connectivity index (χ2n) is 4.57. The molecule has 0 radical (unpaired) electrons. The van der Waals surface area contributed by atoms with Crippen LogP contribution in [0.2, 0.25) is 0 Å². The van der Waals surface area contributed by atoms with E-state index in [1.807, 2.05) is 0 Å². The molecular weight excluding hydrogens is 146 g/mol. The van der Waals surface area contributed by atoms with Gasteiger partial charge in [-0.05, 0) is 32.7 Å². The van der Waals surface area contributed by atoms with Crippen LogP contribution < -0.4 is 0 Å². The Kier molecular flexibility index (Phi) is 1.80. The summed E-state index contributed by atoms with van der Waals surface area (Å²) in [6, 6.07) is 1.57. The number of rotatable bonds is 1. The average molecular weight is 165 g/mol. The van der Waals surface area contributed by atoms with Crippen LogP contribution in [0, 0.1) is 5.92 Å². The van der Waals surface area contributed by atoms with Gasteiger partial charge >= 0.3 is 0 Å². The van der Waals surface area contributed by atoms with Gasteiger partial charge in [0.15, 0.2) is 0 Å². The lowest BCUT2D eigenvalue weighted by molar-refractivity contribution is 0.315. The van der Waals surface area contributed by atoms with E-state index in [1.54, 1.807) is 11.1 Å². The highest BCUT2D eigenvalue weighted by Crippen LogP contribution is 2.43. The Morgan fingerprint density at radius 3 is 2.17 bits per heavy atom. The fourth-order valence-electron chi connectivity index (χ4n) is 3.13. The molecule has 0 spiro atoms. The largest absolute Gasteiger partial charge is 0.293 e. The lowest BCUT2D eigenvalue weighted by atomic mass is 9.86. The molecule has 0 aromatic carbocycles. The quantitative estimate of drug-likeness (QED) is 0.539. The monoisotopic (exact) mass is 165 g/mol. The first-order valence-corrected chi connectivity index (χ1v) is 5.05. The number of fused-ring (bicyclic) bond motifs is 2. The third kappa shape index (κ3) is 0.891. The molecule has 1 heteroatoms. The van der Waals surface area contributed by atoms with Crippen LogP contribution >= 0.6 is 0 Å². The molecule has 0 aromatic rings. The molecule has 1 nitrogen and oxygen atoms in total. The number of hydrogen-bond acceptors (Lipinski definition) is 1. The Labute approximate surface area is 75.4 Å². The summed E-state index contributed by atoms with van der Waals surface area (Å²) in [6.45, 7) is 6.98. The zero-order chi connectivity index (χ0) is 8.88. The molecule has 0 aliphatic carbocycles. The van der Waals surface area contributed by atoms with Crippen LogP contribution in [0.15, 0.2) is 11.1 Å². The van der Waals surface area contributed by atoms with Gasteiger partial charge in [0.1, 0.15) is 0 Å². The maximum absolute atomic E-state index is 2.56. The lowest BCUT2D eigenvalue weighted by Gasteiger charge is -2.20. The van der Waals surface area contributed by atoms with Crippen molar-refractivity contribution in [2.75, 3.05) is 7.05 Å². The summed E-state index contributed by atoms with van der Waals surface area (Å²) in [7, 11) is 2.28. The van der Waals surface area contributed by atoms with E-state index in [0.29, 0.717) is 0 Å². The van der Waals surface area contributed by atoms with Gasteiger partial charge in [0.2, 0.25) is 0 Å². The smallest absolute Gasteiger partial charge is 0.0316 e. The predicted molar refractivity (Wildman–Crippen MR) is 52.1 cm³/mol. The van der Waals surface area contributed by atoms with Crippen LogP contribution in [0.25, 0.3) is 0 Å². The van der Waals surface area contributed by atoms with Gasteiger partial charge in [0, 0.05) is 12.1 Å². The van der Waals surface area contributed by atoms with Gasteiger partial charge in [-0.2, -0.15) is 0 Å². The van der Waals surface area contributed by atoms with Crippen molar-refractivity contribution in [2.45, 2.75) is 45.7 Å². The Morgan fingerprint density at radius 2 is 1.83 bits per heavy atom. The van der Waals surface area contributed by atoms with Gasteiger partial charge in [-0.15, -0.1) is 0 Å². The Bertz CT molecular complexity index is 227. The molecule has 2 aliphatic rings. The van der Waals surface area contributed by atoms with Gasteiger partial charge < -0.3 is 0 Å². The molecule has 0 saturated carbocycles. The van der Waals surface area contributed by atoms with Crippen LogP contribution in [-0.2, 0) is 0 Å². The van der Waals surface area contributed by atoms with E-state index in [9.17, 15) is 0 Å². The molecule has 2 rings (SSSR count). The van der Waals surface area contributed by atoms with Crippen LogP contribution in [-0.4, -0.2) is 24.0 Å². The molecule has 0 N–H and O–H groups in total. The van der Waals surface area contributed by atoms with Crippen LogP contribution in [0.1, 0.15) is 33.6 Å². The first-order chi connectivity index (χ1) is 5.63. The minimum atomic E-state index is 0.753. The molecule has 2 bridgehead atoms. The standard InChI is InChI=1S/C11H19N/c1-7(2)11-8(3)9-5-6-10(11)12(9)4/h7,9-10H,5-6H2,1-4H3. The molecule has 1 saturated heterocycles. The van der Waals surface area contributed by atoms with Crippen molar-refractivity contribution >= 4 is 0 Å². The molecule has 1 fully saturated rings. The molecule has 12 heavy (non-hydrogen) atoms. The van der Waals surface area contributed by atoms with Gasteiger partial charge in [-0.3, -0.25) is 4.90 Å². The SMILES string of the molecule is CC1=C(C(C)C)C2CCC1N2C. The van der Waals surface area contributed by atoms with E-state index < -0.39 is 0 Å². The third-order valence-electron chi connectivity index (χ3n) is 3.63. The van der Waals surface area contributed by atoms with Crippen molar-refractivity contribution in [2.24, 2.45) is 5.92 Å². The van der Waals surface area contributed by atoms with E-state index in [4.69, 9.17) is 0 Å². The molecular formula is C11H19N. The summed E-state index contributed by atoms with van der Waals surface area (Å²) in [6.07, 6.45) is 2.79. The summed E-state index contributed by atoms with van der Waals surface area (Å²) < 4.78 is 0. The van der Waals surface area contributed by atoms with E-state index in [2.05, 4.69) is 32.7 Å². The number of hydrogen-bond donors (Lipinski definition) is 0. The molecule has 68 valence electrons. The van der Waals surface area contributed by atoms with Gasteiger partial charge in [0.05, 0.1) is 0 Å². The first-order valence-electron chi connectivity index (χ1n) is 5.05. The summed E-state index contributed by atoms with van der Waals surface area (Å²) in [5.74, 6) is 0.753. The molecule has 2 atom stereocenters. The second kappa shape index (κ2) is 2.59. The maximum atomic E-state index is 2.56. The highest BCUT2D eigenvalue weighted by atomic mass is 15.2. The fourth-order valence-corrected chi connectivity index (χ4v) is 3.13. The Morgan fingerprint density at radius 1 is 1.25 bits per heavy atom. The van der Waals surface area contributed by atoms with Crippen molar-refractivity contribution in [3.63, 3.8) is 0 Å². The third-order valence-corrected chi connectivity index (χ3v) is 3.63. The lowest BCUT2D eigenvalue weighted by Crippen LogP contribution is -2.26. The average Bonchev–Trinajstić information content (AvgIpc) is 2.43. The number of nitrogens with zero attached hydrogens (tertiary/aromatic N) is 1. The molecule has 2 heterocycles. The zero-order valence-corrected chi connectivity index (χ0v) is 8.59. The Balaban J connectivity index is 2.34. The minimum Gasteiger partial charge on any atom is -0.293 e. The second-order valence-corrected chi connectivity index (χ2v) is 4.57.